The van der Waals surface area contributed by atoms with Gasteiger partial charge >= 0.3 is 0 Å². The zero-order valence-corrected chi connectivity index (χ0v) is 9.87. The van der Waals surface area contributed by atoms with E-state index in [4.69, 9.17) is 10.2 Å². The summed E-state index contributed by atoms with van der Waals surface area (Å²) < 4.78 is 26.5. The van der Waals surface area contributed by atoms with Crippen LogP contribution in [-0.4, -0.2) is 29.0 Å². The molecule has 3 N–H and O–H groups in total. The van der Waals surface area contributed by atoms with Crippen LogP contribution in [0.3, 0.4) is 0 Å². The number of hydrogen-bond acceptors (Lipinski definition) is 3. The van der Waals surface area contributed by atoms with Crippen molar-refractivity contribution in [2.45, 2.75) is 25.4 Å². The lowest BCUT2D eigenvalue weighted by Gasteiger charge is -2.30. The molecule has 0 heterocycles. The highest BCUT2D eigenvalue weighted by atomic mass is 19.2. The fraction of sp³-hybridized carbons (Fsp3) is 0.500. The van der Waals surface area contributed by atoms with Gasteiger partial charge in [-0.15, -0.1) is 0 Å². The van der Waals surface area contributed by atoms with Gasteiger partial charge in [-0.05, 0) is 19.9 Å². The maximum absolute atomic E-state index is 13.5. The Morgan fingerprint density at radius 2 is 1.88 bits per heavy atom. The monoisotopic (exact) mass is 245 g/mol. The van der Waals surface area contributed by atoms with Gasteiger partial charge in [0, 0.05) is 11.6 Å². The minimum atomic E-state index is -0.932. The van der Waals surface area contributed by atoms with E-state index in [1.165, 1.54) is 12.1 Å². The molecule has 1 atom stereocenters. The predicted octanol–water partition coefficient (Wildman–Crippen LogP) is 1.36. The van der Waals surface area contributed by atoms with Crippen molar-refractivity contribution in [1.29, 1.82) is 0 Å². The molecule has 1 unspecified atom stereocenters. The molecule has 3 nitrogen and oxygen atoms in total. The Balaban J connectivity index is 2.90. The standard InChI is InChI=1S/C12H17F2NO2/c1-8(15-12(2,6-16)7-17)9-4-3-5-10(13)11(9)14/h3-5,8,15-17H,6-7H2,1-2H3. The molecule has 0 bridgehead atoms. The van der Waals surface area contributed by atoms with Gasteiger partial charge in [0.2, 0.25) is 0 Å². The van der Waals surface area contributed by atoms with Crippen LogP contribution in [0.15, 0.2) is 18.2 Å². The topological polar surface area (TPSA) is 52.5 Å². The fourth-order valence-electron chi connectivity index (χ4n) is 1.60. The van der Waals surface area contributed by atoms with Crippen molar-refractivity contribution >= 4 is 0 Å². The van der Waals surface area contributed by atoms with E-state index in [2.05, 4.69) is 5.32 Å². The highest BCUT2D eigenvalue weighted by molar-refractivity contribution is 5.22. The van der Waals surface area contributed by atoms with Crippen molar-refractivity contribution in [1.82, 2.24) is 5.32 Å². The third-order valence-corrected chi connectivity index (χ3v) is 2.71. The van der Waals surface area contributed by atoms with E-state index in [0.717, 1.165) is 6.07 Å². The summed E-state index contributed by atoms with van der Waals surface area (Å²) >= 11 is 0. The largest absolute Gasteiger partial charge is 0.394 e. The normalized spacial score (nSPS) is 13.8. The van der Waals surface area contributed by atoms with Crippen LogP contribution in [0.4, 0.5) is 8.78 Å². The van der Waals surface area contributed by atoms with Crippen molar-refractivity contribution in [3.63, 3.8) is 0 Å². The summed E-state index contributed by atoms with van der Waals surface area (Å²) in [6.07, 6.45) is 0. The van der Waals surface area contributed by atoms with Gasteiger partial charge in [-0.2, -0.15) is 0 Å². The Morgan fingerprint density at radius 1 is 1.29 bits per heavy atom. The zero-order chi connectivity index (χ0) is 13.1. The average molecular weight is 245 g/mol. The van der Waals surface area contributed by atoms with Gasteiger partial charge in [0.25, 0.3) is 0 Å². The second-order valence-electron chi connectivity index (χ2n) is 4.39. The first kappa shape index (κ1) is 14.0. The Bertz CT molecular complexity index is 381. The molecule has 0 aliphatic carbocycles. The summed E-state index contributed by atoms with van der Waals surface area (Å²) in [6, 6.07) is 3.41. The van der Waals surface area contributed by atoms with Gasteiger partial charge in [0.15, 0.2) is 11.6 Å². The quantitative estimate of drug-likeness (QED) is 0.734. The molecule has 0 aromatic heterocycles. The average Bonchev–Trinajstić information content (AvgIpc) is 2.32. The second-order valence-corrected chi connectivity index (χ2v) is 4.39. The van der Waals surface area contributed by atoms with Gasteiger partial charge in [-0.25, -0.2) is 8.78 Å². The van der Waals surface area contributed by atoms with Crippen LogP contribution in [0.25, 0.3) is 0 Å². The van der Waals surface area contributed by atoms with E-state index in [1.807, 2.05) is 0 Å². The summed E-state index contributed by atoms with van der Waals surface area (Å²) in [6.45, 7) is 2.64. The Kier molecular flexibility index (Phi) is 4.56. The summed E-state index contributed by atoms with van der Waals surface area (Å²) in [5, 5.41) is 21.1. The zero-order valence-electron chi connectivity index (χ0n) is 9.87. The predicted molar refractivity (Wildman–Crippen MR) is 60.5 cm³/mol. The molecule has 1 aromatic carbocycles. The van der Waals surface area contributed by atoms with E-state index >= 15 is 0 Å². The molecule has 0 aliphatic rings. The van der Waals surface area contributed by atoms with Crippen molar-refractivity contribution in [3.05, 3.63) is 35.4 Å². The molecule has 96 valence electrons. The molecular formula is C12H17F2NO2. The third kappa shape index (κ3) is 3.21. The van der Waals surface area contributed by atoms with E-state index in [1.54, 1.807) is 13.8 Å². The SMILES string of the molecule is CC(NC(C)(CO)CO)c1cccc(F)c1F. The van der Waals surface area contributed by atoms with Crippen molar-refractivity contribution in [3.8, 4) is 0 Å². The number of aliphatic hydroxyl groups is 2. The lowest BCUT2D eigenvalue weighted by atomic mass is 10.0. The molecule has 1 rings (SSSR count). The van der Waals surface area contributed by atoms with Crippen LogP contribution in [0.5, 0.6) is 0 Å². The number of hydrogen-bond donors (Lipinski definition) is 3. The van der Waals surface area contributed by atoms with Gasteiger partial charge in [-0.3, -0.25) is 0 Å². The summed E-state index contributed by atoms with van der Waals surface area (Å²) in [5.74, 6) is -1.82. The summed E-state index contributed by atoms with van der Waals surface area (Å²) in [5.41, 5.74) is -0.767. The van der Waals surface area contributed by atoms with E-state index in [-0.39, 0.29) is 18.8 Å². The van der Waals surface area contributed by atoms with Crippen molar-refractivity contribution in [2.75, 3.05) is 13.2 Å². The maximum atomic E-state index is 13.5. The number of halogens is 2. The van der Waals surface area contributed by atoms with Crippen molar-refractivity contribution in [2.24, 2.45) is 0 Å². The van der Waals surface area contributed by atoms with Gasteiger partial charge < -0.3 is 15.5 Å². The van der Waals surface area contributed by atoms with Crippen LogP contribution in [-0.2, 0) is 0 Å². The number of benzene rings is 1. The minimum Gasteiger partial charge on any atom is -0.394 e. The highest BCUT2D eigenvalue weighted by Gasteiger charge is 2.26. The van der Waals surface area contributed by atoms with Crippen LogP contribution in [0.1, 0.15) is 25.5 Å². The lowest BCUT2D eigenvalue weighted by molar-refractivity contribution is 0.0952. The first-order valence-electron chi connectivity index (χ1n) is 5.37. The number of nitrogens with one attached hydrogen (secondary N) is 1. The van der Waals surface area contributed by atoms with Gasteiger partial charge in [-0.1, -0.05) is 12.1 Å². The van der Waals surface area contributed by atoms with E-state index in [9.17, 15) is 8.78 Å². The minimum absolute atomic E-state index is 0.165. The maximum Gasteiger partial charge on any atom is 0.163 e. The molecule has 1 aromatic rings. The molecule has 0 aliphatic heterocycles. The number of rotatable bonds is 5. The van der Waals surface area contributed by atoms with Crippen LogP contribution in [0.2, 0.25) is 0 Å². The van der Waals surface area contributed by atoms with Crippen LogP contribution in [0, 0.1) is 11.6 Å². The molecule has 0 spiro atoms. The first-order valence-corrected chi connectivity index (χ1v) is 5.37. The molecule has 0 saturated heterocycles. The smallest absolute Gasteiger partial charge is 0.163 e. The molecule has 5 heteroatoms. The Hall–Kier alpha value is -1.04. The molecule has 0 radical (unpaired) electrons. The molecular weight excluding hydrogens is 228 g/mol. The Labute approximate surface area is 99.1 Å². The molecule has 0 amide bonds. The summed E-state index contributed by atoms with van der Waals surface area (Å²) in [7, 11) is 0. The summed E-state index contributed by atoms with van der Waals surface area (Å²) in [4.78, 5) is 0. The second kappa shape index (κ2) is 5.53. The van der Waals surface area contributed by atoms with Crippen LogP contribution < -0.4 is 5.32 Å². The first-order chi connectivity index (χ1) is 7.93. The molecule has 0 fully saturated rings. The lowest BCUT2D eigenvalue weighted by Crippen LogP contribution is -2.50. The third-order valence-electron chi connectivity index (χ3n) is 2.71. The van der Waals surface area contributed by atoms with Gasteiger partial charge in [0.1, 0.15) is 0 Å². The molecule has 0 saturated carbocycles. The van der Waals surface area contributed by atoms with E-state index in [0.29, 0.717) is 0 Å². The van der Waals surface area contributed by atoms with Crippen LogP contribution >= 0.6 is 0 Å². The van der Waals surface area contributed by atoms with Gasteiger partial charge in [0.05, 0.1) is 18.8 Å². The highest BCUT2D eigenvalue weighted by Crippen LogP contribution is 2.21. The van der Waals surface area contributed by atoms with Crippen molar-refractivity contribution < 1.29 is 19.0 Å². The fourth-order valence-corrected chi connectivity index (χ4v) is 1.60. The Morgan fingerprint density at radius 3 is 2.41 bits per heavy atom. The van der Waals surface area contributed by atoms with E-state index < -0.39 is 23.2 Å². The number of aliphatic hydroxyl groups excluding tert-OH is 2. The molecule has 17 heavy (non-hydrogen) atoms.